The third kappa shape index (κ3) is 3.99. The van der Waals surface area contributed by atoms with Gasteiger partial charge in [-0.15, -0.1) is 0 Å². The quantitative estimate of drug-likeness (QED) is 0.658. The van der Waals surface area contributed by atoms with E-state index < -0.39 is 11.0 Å². The van der Waals surface area contributed by atoms with Crippen molar-refractivity contribution in [1.29, 1.82) is 0 Å². The number of non-ortho nitro benzene ring substituents is 1. The van der Waals surface area contributed by atoms with Crippen LogP contribution in [-0.4, -0.2) is 15.0 Å². The zero-order chi connectivity index (χ0) is 15.4. The molecule has 1 N–H and O–H groups in total. The lowest BCUT2D eigenvalue weighted by Gasteiger charge is -2.13. The van der Waals surface area contributed by atoms with Gasteiger partial charge in [-0.1, -0.05) is 0 Å². The number of aliphatic hydroxyl groups is 1. The van der Waals surface area contributed by atoms with Crippen LogP contribution in [0.3, 0.4) is 0 Å². The smallest absolute Gasteiger partial charge is 0.270 e. The van der Waals surface area contributed by atoms with E-state index in [2.05, 4.69) is 20.9 Å². The van der Waals surface area contributed by atoms with Gasteiger partial charge >= 0.3 is 0 Å². The highest BCUT2D eigenvalue weighted by atomic mass is 79.9. The molecule has 0 spiro atoms. The largest absolute Gasteiger partial charge is 0.487 e. The molecule has 0 amide bonds. The van der Waals surface area contributed by atoms with Crippen molar-refractivity contribution in [2.45, 2.75) is 19.6 Å². The molecule has 1 aromatic heterocycles. The summed E-state index contributed by atoms with van der Waals surface area (Å²) in [6.45, 7) is 1.74. The van der Waals surface area contributed by atoms with Crippen molar-refractivity contribution in [2.75, 3.05) is 0 Å². The fourth-order valence-electron chi connectivity index (χ4n) is 1.75. The first-order valence-corrected chi connectivity index (χ1v) is 6.96. The Labute approximate surface area is 129 Å². The van der Waals surface area contributed by atoms with Crippen LogP contribution in [0.5, 0.6) is 5.75 Å². The molecule has 2 aromatic rings. The van der Waals surface area contributed by atoms with E-state index in [9.17, 15) is 15.2 Å². The number of benzene rings is 1. The van der Waals surface area contributed by atoms with Crippen LogP contribution in [0.4, 0.5) is 5.69 Å². The molecule has 7 heteroatoms. The molecule has 0 radical (unpaired) electrons. The van der Waals surface area contributed by atoms with Gasteiger partial charge in [-0.05, 0) is 41.1 Å². The molecule has 0 saturated heterocycles. The molecule has 0 aliphatic heterocycles. The first kappa shape index (κ1) is 15.4. The Morgan fingerprint density at radius 3 is 2.76 bits per heavy atom. The van der Waals surface area contributed by atoms with Crippen LogP contribution in [0.15, 0.2) is 41.0 Å². The van der Waals surface area contributed by atoms with Crippen molar-refractivity contribution < 1.29 is 14.8 Å². The maximum atomic E-state index is 10.8. The molecule has 1 atom stereocenters. The van der Waals surface area contributed by atoms with Gasteiger partial charge in [0, 0.05) is 28.4 Å². The van der Waals surface area contributed by atoms with Gasteiger partial charge in [-0.3, -0.25) is 15.1 Å². The number of nitrogens with zero attached hydrogens (tertiary/aromatic N) is 2. The van der Waals surface area contributed by atoms with Crippen molar-refractivity contribution in [3.63, 3.8) is 0 Å². The molecule has 1 aromatic carbocycles. The lowest BCUT2D eigenvalue weighted by molar-refractivity contribution is -0.385. The number of aromatic nitrogens is 1. The van der Waals surface area contributed by atoms with Crippen LogP contribution in [-0.2, 0) is 6.61 Å². The molecular weight excluding hydrogens is 340 g/mol. The Balaban J connectivity index is 2.19. The summed E-state index contributed by atoms with van der Waals surface area (Å²) in [5.74, 6) is 0.403. The van der Waals surface area contributed by atoms with Crippen LogP contribution < -0.4 is 4.74 Å². The topological polar surface area (TPSA) is 85.5 Å². The Hall–Kier alpha value is -1.99. The van der Waals surface area contributed by atoms with E-state index in [-0.39, 0.29) is 12.3 Å². The number of halogens is 1. The van der Waals surface area contributed by atoms with Gasteiger partial charge in [0.1, 0.15) is 12.4 Å². The van der Waals surface area contributed by atoms with E-state index in [1.165, 1.54) is 25.1 Å². The first-order chi connectivity index (χ1) is 9.97. The third-order valence-electron chi connectivity index (χ3n) is 2.82. The van der Waals surface area contributed by atoms with E-state index in [0.29, 0.717) is 17.0 Å². The van der Waals surface area contributed by atoms with Gasteiger partial charge in [0.15, 0.2) is 0 Å². The SMILES string of the molecule is C[C@@H](O)c1cc([N+](=O)[O-])ccc1OCc1ccc(Br)cn1. The first-order valence-electron chi connectivity index (χ1n) is 6.17. The number of nitro groups is 1. The normalized spacial score (nSPS) is 12.0. The molecule has 6 nitrogen and oxygen atoms in total. The van der Waals surface area contributed by atoms with Gasteiger partial charge in [0.2, 0.25) is 0 Å². The van der Waals surface area contributed by atoms with Gasteiger partial charge in [-0.2, -0.15) is 0 Å². The number of hydrogen-bond acceptors (Lipinski definition) is 5. The molecule has 0 saturated carbocycles. The monoisotopic (exact) mass is 352 g/mol. The van der Waals surface area contributed by atoms with Gasteiger partial charge in [-0.25, -0.2) is 0 Å². The van der Waals surface area contributed by atoms with Crippen molar-refractivity contribution in [1.82, 2.24) is 4.98 Å². The molecule has 21 heavy (non-hydrogen) atoms. The van der Waals surface area contributed by atoms with E-state index in [4.69, 9.17) is 4.74 Å². The number of rotatable bonds is 5. The predicted molar refractivity (Wildman–Crippen MR) is 80.0 cm³/mol. The minimum absolute atomic E-state index is 0.0833. The molecule has 2 rings (SSSR count). The summed E-state index contributed by atoms with van der Waals surface area (Å²) < 4.78 is 6.47. The van der Waals surface area contributed by atoms with Crippen molar-refractivity contribution in [3.05, 3.63) is 62.4 Å². The highest BCUT2D eigenvalue weighted by Crippen LogP contribution is 2.29. The third-order valence-corrected chi connectivity index (χ3v) is 3.29. The van der Waals surface area contributed by atoms with Crippen molar-refractivity contribution in [2.24, 2.45) is 0 Å². The number of hydrogen-bond donors (Lipinski definition) is 1. The fraction of sp³-hybridized carbons (Fsp3) is 0.214. The molecule has 0 unspecified atom stereocenters. The summed E-state index contributed by atoms with van der Waals surface area (Å²) in [4.78, 5) is 14.4. The van der Waals surface area contributed by atoms with Crippen molar-refractivity contribution in [3.8, 4) is 5.75 Å². The Bertz CT molecular complexity index is 644. The Morgan fingerprint density at radius 2 is 2.19 bits per heavy atom. The zero-order valence-corrected chi connectivity index (χ0v) is 12.8. The Kier molecular flexibility index (Phi) is 4.87. The maximum absolute atomic E-state index is 10.8. The van der Waals surface area contributed by atoms with E-state index >= 15 is 0 Å². The number of pyridine rings is 1. The standard InChI is InChI=1S/C14H13BrN2O4/c1-9(18)13-6-12(17(19)20)4-5-14(13)21-8-11-3-2-10(15)7-16-11/h2-7,9,18H,8H2,1H3/t9-/m1/s1. The molecule has 0 aliphatic rings. The fourth-order valence-corrected chi connectivity index (χ4v) is 1.99. The number of aliphatic hydroxyl groups excluding tert-OH is 1. The lowest BCUT2D eigenvalue weighted by atomic mass is 10.1. The molecule has 110 valence electrons. The predicted octanol–water partition coefficient (Wildman–Crippen LogP) is 3.38. The van der Waals surface area contributed by atoms with Crippen LogP contribution in [0.25, 0.3) is 0 Å². The summed E-state index contributed by atoms with van der Waals surface area (Å²) in [6, 6.07) is 7.79. The summed E-state index contributed by atoms with van der Waals surface area (Å²) in [7, 11) is 0. The van der Waals surface area contributed by atoms with Crippen LogP contribution in [0.1, 0.15) is 24.3 Å². The molecule has 1 heterocycles. The lowest BCUT2D eigenvalue weighted by Crippen LogP contribution is -2.03. The highest BCUT2D eigenvalue weighted by Gasteiger charge is 2.15. The van der Waals surface area contributed by atoms with Crippen LogP contribution >= 0.6 is 15.9 Å². The second kappa shape index (κ2) is 6.64. The summed E-state index contributed by atoms with van der Waals surface area (Å²) in [6.07, 6.45) is 0.794. The molecule has 0 aliphatic carbocycles. The number of nitro benzene ring substituents is 1. The summed E-state index contributed by atoms with van der Waals surface area (Å²) in [5.41, 5.74) is 1.01. The van der Waals surface area contributed by atoms with E-state index in [1.807, 2.05) is 6.07 Å². The molecule has 0 fully saturated rings. The summed E-state index contributed by atoms with van der Waals surface area (Å²) >= 11 is 3.29. The summed E-state index contributed by atoms with van der Waals surface area (Å²) in [5, 5.41) is 20.5. The van der Waals surface area contributed by atoms with Crippen LogP contribution in [0.2, 0.25) is 0 Å². The number of ether oxygens (including phenoxy) is 1. The average Bonchev–Trinajstić information content (AvgIpc) is 2.46. The Morgan fingerprint density at radius 1 is 1.43 bits per heavy atom. The minimum atomic E-state index is -0.863. The van der Waals surface area contributed by atoms with Crippen molar-refractivity contribution >= 4 is 21.6 Å². The van der Waals surface area contributed by atoms with Gasteiger partial charge in [0.25, 0.3) is 5.69 Å². The second-order valence-corrected chi connectivity index (χ2v) is 5.33. The highest BCUT2D eigenvalue weighted by molar-refractivity contribution is 9.10. The molecule has 0 bridgehead atoms. The van der Waals surface area contributed by atoms with Gasteiger partial charge in [0.05, 0.1) is 16.7 Å². The maximum Gasteiger partial charge on any atom is 0.270 e. The molecular formula is C14H13BrN2O4. The van der Waals surface area contributed by atoms with E-state index in [1.54, 1.807) is 12.3 Å². The average molecular weight is 353 g/mol. The van der Waals surface area contributed by atoms with Gasteiger partial charge < -0.3 is 9.84 Å². The zero-order valence-electron chi connectivity index (χ0n) is 11.2. The van der Waals surface area contributed by atoms with Crippen LogP contribution in [0, 0.1) is 10.1 Å². The minimum Gasteiger partial charge on any atom is -0.487 e. The second-order valence-electron chi connectivity index (χ2n) is 4.41. The van der Waals surface area contributed by atoms with E-state index in [0.717, 1.165) is 4.47 Å².